The first-order chi connectivity index (χ1) is 13.0. The largest absolute Gasteiger partial charge is 0.420 e. The Morgan fingerprint density at radius 3 is 2.74 bits per heavy atom. The lowest BCUT2D eigenvalue weighted by Crippen LogP contribution is -2.21. The van der Waals surface area contributed by atoms with Gasteiger partial charge in [0.1, 0.15) is 23.3 Å². The van der Waals surface area contributed by atoms with Crippen LogP contribution in [0.1, 0.15) is 17.0 Å². The van der Waals surface area contributed by atoms with E-state index in [4.69, 9.17) is 22.1 Å². The van der Waals surface area contributed by atoms with E-state index in [9.17, 15) is 14.0 Å². The summed E-state index contributed by atoms with van der Waals surface area (Å²) in [5.41, 5.74) is 7.12. The molecule has 1 aromatic heterocycles. The van der Waals surface area contributed by atoms with Gasteiger partial charge in [0.2, 0.25) is 11.8 Å². The Morgan fingerprint density at radius 1 is 1.22 bits per heavy atom. The maximum Gasteiger partial charge on any atom is 0.244 e. The number of nitriles is 1. The summed E-state index contributed by atoms with van der Waals surface area (Å²) in [4.78, 5) is 0. The van der Waals surface area contributed by atoms with Gasteiger partial charge in [0, 0.05) is 16.1 Å². The zero-order valence-corrected chi connectivity index (χ0v) is 14.4. The van der Waals surface area contributed by atoms with Crippen LogP contribution in [-0.2, 0) is 0 Å². The Morgan fingerprint density at radius 2 is 2.00 bits per heavy atom. The molecule has 3 aromatic rings. The third-order valence-corrected chi connectivity index (χ3v) is 4.68. The van der Waals surface area contributed by atoms with Gasteiger partial charge in [-0.1, -0.05) is 29.8 Å². The first-order valence-electron chi connectivity index (χ1n) is 7.87. The van der Waals surface area contributed by atoms with Gasteiger partial charge in [-0.2, -0.15) is 5.26 Å². The molecule has 134 valence electrons. The highest BCUT2D eigenvalue weighted by Gasteiger charge is 2.37. The van der Waals surface area contributed by atoms with Gasteiger partial charge in [-0.15, -0.1) is 5.10 Å². The van der Waals surface area contributed by atoms with Gasteiger partial charge in [0.05, 0.1) is 17.2 Å². The number of nitrogens with one attached hydrogen (secondary N) is 1. The second kappa shape index (κ2) is 6.41. The first kappa shape index (κ1) is 17.1. The van der Waals surface area contributed by atoms with Crippen molar-refractivity contribution in [2.75, 3.05) is 0 Å². The van der Waals surface area contributed by atoms with Gasteiger partial charge in [0.15, 0.2) is 0 Å². The second-order valence-corrected chi connectivity index (χ2v) is 6.30. The second-order valence-electron chi connectivity index (χ2n) is 5.89. The van der Waals surface area contributed by atoms with Crippen molar-refractivity contribution in [1.29, 1.82) is 5.26 Å². The number of hydrogen-bond acceptors (Lipinski definition) is 4. The van der Waals surface area contributed by atoms with Crippen LogP contribution in [0, 0.1) is 23.0 Å². The van der Waals surface area contributed by atoms with Gasteiger partial charge >= 0.3 is 0 Å². The molecule has 0 spiro atoms. The molecule has 27 heavy (non-hydrogen) atoms. The molecule has 0 saturated heterocycles. The van der Waals surface area contributed by atoms with E-state index in [2.05, 4.69) is 10.2 Å². The van der Waals surface area contributed by atoms with E-state index >= 15 is 0 Å². The Labute approximate surface area is 157 Å². The molecule has 0 fully saturated rings. The molecule has 5 nitrogen and oxygen atoms in total. The quantitative estimate of drug-likeness (QED) is 0.692. The molecule has 0 unspecified atom stereocenters. The maximum atomic E-state index is 14.6. The number of ether oxygens (including phenoxy) is 1. The topological polar surface area (TPSA) is 87.7 Å². The predicted molar refractivity (Wildman–Crippen MR) is 94.7 cm³/mol. The third kappa shape index (κ3) is 2.71. The summed E-state index contributed by atoms with van der Waals surface area (Å²) in [6.45, 7) is 0. The minimum atomic E-state index is -1.00. The van der Waals surface area contributed by atoms with Crippen LogP contribution in [0.2, 0.25) is 5.02 Å². The van der Waals surface area contributed by atoms with E-state index in [1.165, 1.54) is 0 Å². The average molecular weight is 385 g/mol. The minimum Gasteiger partial charge on any atom is -0.420 e. The highest BCUT2D eigenvalue weighted by molar-refractivity contribution is 6.33. The number of benzene rings is 2. The van der Waals surface area contributed by atoms with Crippen molar-refractivity contribution >= 4 is 11.6 Å². The molecule has 3 N–H and O–H groups in total. The van der Waals surface area contributed by atoms with Gasteiger partial charge in [-0.25, -0.2) is 8.78 Å². The number of aromatic nitrogens is 2. The van der Waals surface area contributed by atoms with E-state index in [1.54, 1.807) is 24.3 Å². The Balaban J connectivity index is 2.02. The van der Waals surface area contributed by atoms with Crippen LogP contribution in [0.15, 0.2) is 53.9 Å². The molecule has 1 aliphatic heterocycles. The molecule has 0 aliphatic carbocycles. The van der Waals surface area contributed by atoms with Gasteiger partial charge in [-0.3, -0.25) is 5.10 Å². The fourth-order valence-corrected chi connectivity index (χ4v) is 3.39. The standard InChI is InChI=1S/C19H11ClF2N4O/c20-13-4-2-1-3-10(13)17-16-15(11-7-9(21)5-6-14(11)22)12(8-23)18(24)27-19(16)26-25-17/h1-7,15H,24H2,(H,25,26)/t15-/m1/s1. The zero-order chi connectivity index (χ0) is 19.1. The van der Waals surface area contributed by atoms with E-state index in [-0.39, 0.29) is 22.9 Å². The molecule has 2 aromatic carbocycles. The molecular formula is C19H11ClF2N4O. The van der Waals surface area contributed by atoms with Gasteiger partial charge < -0.3 is 10.5 Å². The van der Waals surface area contributed by atoms with Crippen LogP contribution >= 0.6 is 11.6 Å². The lowest BCUT2D eigenvalue weighted by molar-refractivity contribution is 0.378. The number of H-pyrrole nitrogens is 1. The van der Waals surface area contributed by atoms with Crippen molar-refractivity contribution in [2.45, 2.75) is 5.92 Å². The molecule has 4 rings (SSSR count). The van der Waals surface area contributed by atoms with Gasteiger partial charge in [0.25, 0.3) is 0 Å². The molecule has 8 heteroatoms. The number of halogens is 3. The van der Waals surface area contributed by atoms with Crippen molar-refractivity contribution < 1.29 is 13.5 Å². The van der Waals surface area contributed by atoms with Crippen molar-refractivity contribution in [3.63, 3.8) is 0 Å². The van der Waals surface area contributed by atoms with E-state index in [0.717, 1.165) is 18.2 Å². The number of fused-ring (bicyclic) bond motifs is 1. The van der Waals surface area contributed by atoms with Gasteiger partial charge in [-0.05, 0) is 24.3 Å². The fraction of sp³-hybridized carbons (Fsp3) is 0.0526. The molecule has 0 saturated carbocycles. The Hall–Kier alpha value is -3.37. The summed E-state index contributed by atoms with van der Waals surface area (Å²) in [5.74, 6) is -2.45. The minimum absolute atomic E-state index is 0.0401. The summed E-state index contributed by atoms with van der Waals surface area (Å²) in [6, 6.07) is 11.9. The maximum absolute atomic E-state index is 14.6. The third-order valence-electron chi connectivity index (χ3n) is 4.35. The Kier molecular flexibility index (Phi) is 4.05. The first-order valence-corrected chi connectivity index (χ1v) is 8.24. The van der Waals surface area contributed by atoms with E-state index in [0.29, 0.717) is 21.8 Å². The van der Waals surface area contributed by atoms with E-state index < -0.39 is 17.6 Å². The lowest BCUT2D eigenvalue weighted by Gasteiger charge is -2.24. The fourth-order valence-electron chi connectivity index (χ4n) is 3.16. The molecule has 0 bridgehead atoms. The Bertz CT molecular complexity index is 1130. The number of nitrogens with two attached hydrogens (primary N) is 1. The summed E-state index contributed by atoms with van der Waals surface area (Å²) in [7, 11) is 0. The van der Waals surface area contributed by atoms with Crippen LogP contribution in [0.5, 0.6) is 5.88 Å². The number of aromatic amines is 1. The van der Waals surface area contributed by atoms with Crippen molar-refractivity contribution in [1.82, 2.24) is 10.2 Å². The average Bonchev–Trinajstić information content (AvgIpc) is 3.06. The SMILES string of the molecule is N#CC1=C(N)Oc2n[nH]c(-c3ccccc3Cl)c2[C@@H]1c1cc(F)ccc1F. The summed E-state index contributed by atoms with van der Waals surface area (Å²) >= 11 is 6.28. The highest BCUT2D eigenvalue weighted by atomic mass is 35.5. The summed E-state index contributed by atoms with van der Waals surface area (Å²) < 4.78 is 33.8. The number of nitrogens with zero attached hydrogens (tertiary/aromatic N) is 2. The van der Waals surface area contributed by atoms with Crippen molar-refractivity contribution in [2.24, 2.45) is 5.73 Å². The molecule has 2 heterocycles. The number of allylic oxidation sites excluding steroid dienone is 1. The van der Waals surface area contributed by atoms with Crippen LogP contribution in [-0.4, -0.2) is 10.2 Å². The summed E-state index contributed by atoms with van der Waals surface area (Å²) in [6.07, 6.45) is 0. The van der Waals surface area contributed by atoms with Crippen molar-refractivity contribution in [3.05, 3.63) is 81.7 Å². The lowest BCUT2D eigenvalue weighted by atomic mass is 9.82. The van der Waals surface area contributed by atoms with Crippen LogP contribution in [0.3, 0.4) is 0 Å². The molecule has 0 amide bonds. The van der Waals surface area contributed by atoms with Crippen LogP contribution < -0.4 is 10.5 Å². The molecular weight excluding hydrogens is 374 g/mol. The summed E-state index contributed by atoms with van der Waals surface area (Å²) in [5, 5.41) is 16.9. The zero-order valence-electron chi connectivity index (χ0n) is 13.6. The monoisotopic (exact) mass is 384 g/mol. The predicted octanol–water partition coefficient (Wildman–Crippen LogP) is 4.23. The van der Waals surface area contributed by atoms with Crippen LogP contribution in [0.4, 0.5) is 8.78 Å². The molecule has 1 aliphatic rings. The van der Waals surface area contributed by atoms with E-state index in [1.807, 2.05) is 6.07 Å². The van der Waals surface area contributed by atoms with Crippen molar-refractivity contribution in [3.8, 4) is 23.2 Å². The molecule has 0 radical (unpaired) electrons. The number of rotatable bonds is 2. The molecule has 1 atom stereocenters. The normalized spacial score (nSPS) is 15.9. The highest BCUT2D eigenvalue weighted by Crippen LogP contribution is 2.47. The number of hydrogen-bond donors (Lipinski definition) is 2. The smallest absolute Gasteiger partial charge is 0.244 e. The van der Waals surface area contributed by atoms with Crippen LogP contribution in [0.25, 0.3) is 11.3 Å².